The monoisotopic (exact) mass is 294 g/mol. The van der Waals surface area contributed by atoms with E-state index in [2.05, 4.69) is 12.2 Å². The Kier molecular flexibility index (Phi) is 5.04. The number of aliphatic hydroxyl groups is 1. The van der Waals surface area contributed by atoms with Crippen LogP contribution in [0.15, 0.2) is 72.8 Å². The van der Waals surface area contributed by atoms with E-state index >= 15 is 0 Å². The minimum Gasteiger partial charge on any atom is -0.385 e. The number of rotatable bonds is 5. The highest BCUT2D eigenvalue weighted by atomic mass is 16.5. The fourth-order valence-corrected chi connectivity index (χ4v) is 2.89. The fourth-order valence-electron chi connectivity index (χ4n) is 2.89. The Hall–Kier alpha value is -1.90. The number of hydrogen-bond donors (Lipinski definition) is 1. The summed E-state index contributed by atoms with van der Waals surface area (Å²) >= 11 is 0. The van der Waals surface area contributed by atoms with E-state index in [0.29, 0.717) is 0 Å². The van der Waals surface area contributed by atoms with Gasteiger partial charge in [0.2, 0.25) is 0 Å². The Balaban J connectivity index is 1.85. The molecular weight excluding hydrogens is 272 g/mol. The van der Waals surface area contributed by atoms with Gasteiger partial charge < -0.3 is 9.84 Å². The molecule has 0 saturated heterocycles. The van der Waals surface area contributed by atoms with Crippen molar-refractivity contribution in [3.05, 3.63) is 83.9 Å². The van der Waals surface area contributed by atoms with Gasteiger partial charge in [0.25, 0.3) is 0 Å². The van der Waals surface area contributed by atoms with Crippen LogP contribution < -0.4 is 0 Å². The highest BCUT2D eigenvalue weighted by molar-refractivity contribution is 5.25. The van der Waals surface area contributed by atoms with Gasteiger partial charge in [0, 0.05) is 0 Å². The van der Waals surface area contributed by atoms with Crippen molar-refractivity contribution in [2.24, 2.45) is 0 Å². The fraction of sp³-hybridized carbons (Fsp3) is 0.300. The standard InChI is InChI=1S/C20H22O2/c21-19(16-10-4-1-5-11-16)20(17-12-6-2-7-13-17)22-18-14-8-3-9-15-18/h1-2,4-8,10-14,18-21H,3,9,15H2/t18-,19+,20+/m1/s1. The molecule has 1 aliphatic carbocycles. The molecule has 0 saturated carbocycles. The van der Waals surface area contributed by atoms with Gasteiger partial charge in [0.1, 0.15) is 12.2 Å². The Morgan fingerprint density at radius 1 is 0.909 bits per heavy atom. The van der Waals surface area contributed by atoms with E-state index in [1.807, 2.05) is 60.7 Å². The van der Waals surface area contributed by atoms with E-state index in [-0.39, 0.29) is 12.2 Å². The van der Waals surface area contributed by atoms with Crippen LogP contribution >= 0.6 is 0 Å². The number of hydrogen-bond acceptors (Lipinski definition) is 2. The van der Waals surface area contributed by atoms with Gasteiger partial charge in [-0.2, -0.15) is 0 Å². The summed E-state index contributed by atoms with van der Waals surface area (Å²) in [6, 6.07) is 19.7. The molecule has 2 aromatic carbocycles. The van der Waals surface area contributed by atoms with Gasteiger partial charge in [-0.1, -0.05) is 72.8 Å². The van der Waals surface area contributed by atoms with Crippen molar-refractivity contribution in [3.8, 4) is 0 Å². The third-order valence-electron chi connectivity index (χ3n) is 4.09. The summed E-state index contributed by atoms with van der Waals surface area (Å²) in [4.78, 5) is 0. The van der Waals surface area contributed by atoms with Crippen LogP contribution in [-0.4, -0.2) is 11.2 Å². The van der Waals surface area contributed by atoms with E-state index in [4.69, 9.17) is 4.74 Å². The van der Waals surface area contributed by atoms with Crippen LogP contribution in [-0.2, 0) is 4.74 Å². The van der Waals surface area contributed by atoms with Crippen molar-refractivity contribution in [2.45, 2.75) is 37.6 Å². The van der Waals surface area contributed by atoms with Crippen molar-refractivity contribution in [1.82, 2.24) is 0 Å². The van der Waals surface area contributed by atoms with Crippen molar-refractivity contribution in [2.75, 3.05) is 0 Å². The zero-order valence-electron chi connectivity index (χ0n) is 12.6. The summed E-state index contributed by atoms with van der Waals surface area (Å²) in [7, 11) is 0. The molecule has 0 aromatic heterocycles. The maximum absolute atomic E-state index is 10.8. The molecule has 0 amide bonds. The predicted molar refractivity (Wildman–Crippen MR) is 88.4 cm³/mol. The zero-order chi connectivity index (χ0) is 15.2. The second kappa shape index (κ2) is 7.39. The van der Waals surface area contributed by atoms with Crippen LogP contribution in [0.3, 0.4) is 0 Å². The first kappa shape index (κ1) is 15.0. The van der Waals surface area contributed by atoms with Gasteiger partial charge in [-0.3, -0.25) is 0 Å². The lowest BCUT2D eigenvalue weighted by atomic mass is 9.97. The normalized spacial score (nSPS) is 20.5. The van der Waals surface area contributed by atoms with Crippen LogP contribution in [0.5, 0.6) is 0 Å². The largest absolute Gasteiger partial charge is 0.385 e. The van der Waals surface area contributed by atoms with Crippen LogP contribution in [0, 0.1) is 0 Å². The molecular formula is C20H22O2. The molecule has 1 N–H and O–H groups in total. The second-order valence-electron chi connectivity index (χ2n) is 5.72. The number of ether oxygens (including phenoxy) is 1. The Labute approximate surface area is 132 Å². The minimum atomic E-state index is -0.668. The van der Waals surface area contributed by atoms with Crippen molar-refractivity contribution < 1.29 is 9.84 Å². The van der Waals surface area contributed by atoms with E-state index in [1.165, 1.54) is 0 Å². The predicted octanol–water partition coefficient (Wildman–Crippen LogP) is 4.59. The molecule has 0 fully saturated rings. The second-order valence-corrected chi connectivity index (χ2v) is 5.72. The zero-order valence-corrected chi connectivity index (χ0v) is 12.6. The molecule has 0 bridgehead atoms. The van der Waals surface area contributed by atoms with Gasteiger partial charge in [0.15, 0.2) is 0 Å². The van der Waals surface area contributed by atoms with E-state index in [9.17, 15) is 5.11 Å². The molecule has 22 heavy (non-hydrogen) atoms. The topological polar surface area (TPSA) is 29.5 Å². The highest BCUT2D eigenvalue weighted by Crippen LogP contribution is 2.34. The van der Waals surface area contributed by atoms with Crippen molar-refractivity contribution in [1.29, 1.82) is 0 Å². The van der Waals surface area contributed by atoms with E-state index in [1.54, 1.807) is 0 Å². The molecule has 0 heterocycles. The first-order valence-electron chi connectivity index (χ1n) is 7.94. The van der Waals surface area contributed by atoms with Crippen LogP contribution in [0.25, 0.3) is 0 Å². The quantitative estimate of drug-likeness (QED) is 0.817. The number of benzene rings is 2. The Bertz CT molecular complexity index is 592. The molecule has 114 valence electrons. The van der Waals surface area contributed by atoms with Gasteiger partial charge >= 0.3 is 0 Å². The summed E-state index contributed by atoms with van der Waals surface area (Å²) in [5.41, 5.74) is 1.90. The van der Waals surface area contributed by atoms with Gasteiger partial charge in [-0.15, -0.1) is 0 Å². The number of aliphatic hydroxyl groups excluding tert-OH is 1. The Morgan fingerprint density at radius 2 is 1.55 bits per heavy atom. The van der Waals surface area contributed by atoms with Crippen LogP contribution in [0.4, 0.5) is 0 Å². The summed E-state index contributed by atoms with van der Waals surface area (Å²) in [5.74, 6) is 0. The molecule has 2 heteroatoms. The maximum atomic E-state index is 10.8. The molecule has 0 aliphatic heterocycles. The molecule has 0 spiro atoms. The average Bonchev–Trinajstić information content (AvgIpc) is 2.61. The van der Waals surface area contributed by atoms with Gasteiger partial charge in [-0.25, -0.2) is 0 Å². The Morgan fingerprint density at radius 3 is 2.14 bits per heavy atom. The van der Waals surface area contributed by atoms with Gasteiger partial charge in [-0.05, 0) is 30.4 Å². The molecule has 0 radical (unpaired) electrons. The molecule has 1 aliphatic rings. The number of allylic oxidation sites excluding steroid dienone is 1. The van der Waals surface area contributed by atoms with Crippen LogP contribution in [0.2, 0.25) is 0 Å². The smallest absolute Gasteiger partial charge is 0.113 e. The molecule has 3 rings (SSSR count). The van der Waals surface area contributed by atoms with E-state index < -0.39 is 6.10 Å². The molecule has 2 aromatic rings. The molecule has 0 unspecified atom stereocenters. The van der Waals surface area contributed by atoms with Crippen molar-refractivity contribution >= 4 is 0 Å². The average molecular weight is 294 g/mol. The first-order chi connectivity index (χ1) is 10.8. The lowest BCUT2D eigenvalue weighted by molar-refractivity contribution is -0.0691. The summed E-state index contributed by atoms with van der Waals surface area (Å²) < 4.78 is 6.26. The van der Waals surface area contributed by atoms with Crippen LogP contribution in [0.1, 0.15) is 42.6 Å². The lowest BCUT2D eigenvalue weighted by Crippen LogP contribution is -2.21. The third kappa shape index (κ3) is 3.65. The third-order valence-corrected chi connectivity index (χ3v) is 4.09. The first-order valence-corrected chi connectivity index (χ1v) is 7.94. The van der Waals surface area contributed by atoms with E-state index in [0.717, 1.165) is 30.4 Å². The van der Waals surface area contributed by atoms with Crippen molar-refractivity contribution in [3.63, 3.8) is 0 Å². The summed E-state index contributed by atoms with van der Waals surface area (Å²) in [5, 5.41) is 10.8. The maximum Gasteiger partial charge on any atom is 0.113 e. The SMILES string of the molecule is O[C@@H](c1ccccc1)[C@@H](O[C@@H]1C=CCCC1)c1ccccc1. The molecule has 3 atom stereocenters. The highest BCUT2D eigenvalue weighted by Gasteiger charge is 2.26. The van der Waals surface area contributed by atoms with Gasteiger partial charge in [0.05, 0.1) is 6.10 Å². The molecule has 2 nitrogen and oxygen atoms in total. The minimum absolute atomic E-state index is 0.0809. The summed E-state index contributed by atoms with van der Waals surface area (Å²) in [6.07, 6.45) is 6.64. The summed E-state index contributed by atoms with van der Waals surface area (Å²) in [6.45, 7) is 0. The lowest BCUT2D eigenvalue weighted by Gasteiger charge is -2.29.